The highest BCUT2D eigenvalue weighted by molar-refractivity contribution is 9.10. The van der Waals surface area contributed by atoms with Crippen LogP contribution in [0.15, 0.2) is 94.5 Å². The zero-order chi connectivity index (χ0) is 30.7. The number of rotatable bonds is 7. The Morgan fingerprint density at radius 1 is 1.00 bits per heavy atom. The number of alkyl halides is 3. The lowest BCUT2D eigenvalue weighted by atomic mass is 10.0. The summed E-state index contributed by atoms with van der Waals surface area (Å²) in [5.74, 6) is -0.978. The predicted molar refractivity (Wildman–Crippen MR) is 161 cm³/mol. The molecule has 0 spiro atoms. The molecule has 0 bridgehead atoms. The number of halogens is 5. The maximum Gasteiger partial charge on any atom is 0.416 e. The van der Waals surface area contributed by atoms with Gasteiger partial charge in [-0.05, 0) is 60.7 Å². The molecule has 0 fully saturated rings. The van der Waals surface area contributed by atoms with Crippen LogP contribution in [0.1, 0.15) is 32.0 Å². The fourth-order valence-corrected chi connectivity index (χ4v) is 4.93. The van der Waals surface area contributed by atoms with Crippen LogP contribution >= 0.6 is 27.5 Å². The van der Waals surface area contributed by atoms with Gasteiger partial charge in [-0.1, -0.05) is 51.8 Å². The quantitative estimate of drug-likeness (QED) is 0.0790. The van der Waals surface area contributed by atoms with Crippen molar-refractivity contribution in [2.24, 2.45) is 5.10 Å². The second kappa shape index (κ2) is 12.3. The second-order valence-electron chi connectivity index (χ2n) is 9.12. The van der Waals surface area contributed by atoms with Crippen molar-refractivity contribution in [2.75, 3.05) is 7.11 Å². The van der Waals surface area contributed by atoms with Crippen LogP contribution in [0.4, 0.5) is 13.2 Å². The van der Waals surface area contributed by atoms with Crippen molar-refractivity contribution in [1.82, 2.24) is 10.4 Å². The number of methoxy groups -OCH3 is 1. The zero-order valence-corrected chi connectivity index (χ0v) is 24.5. The Balaban J connectivity index is 1.42. The number of H-pyrrole nitrogens is 1. The van der Waals surface area contributed by atoms with Gasteiger partial charge in [-0.25, -0.2) is 10.2 Å². The smallest absolute Gasteiger partial charge is 0.416 e. The minimum absolute atomic E-state index is 0.0121. The normalized spacial score (nSPS) is 11.6. The van der Waals surface area contributed by atoms with Gasteiger partial charge in [0.25, 0.3) is 5.91 Å². The first-order valence-electron chi connectivity index (χ1n) is 12.5. The van der Waals surface area contributed by atoms with E-state index in [-0.39, 0.29) is 22.6 Å². The highest BCUT2D eigenvalue weighted by Gasteiger charge is 2.31. The molecule has 5 aromatic rings. The van der Waals surface area contributed by atoms with Crippen molar-refractivity contribution in [3.8, 4) is 22.6 Å². The van der Waals surface area contributed by atoms with Crippen LogP contribution in [0, 0.1) is 0 Å². The number of benzene rings is 4. The molecule has 2 N–H and O–H groups in total. The molecule has 12 heteroatoms. The molecule has 218 valence electrons. The average Bonchev–Trinajstić information content (AvgIpc) is 3.37. The number of nitrogens with one attached hydrogen (secondary N) is 2. The number of hydrazone groups is 1. The minimum atomic E-state index is -4.62. The van der Waals surface area contributed by atoms with E-state index >= 15 is 0 Å². The monoisotopic (exact) mass is 669 g/mol. The van der Waals surface area contributed by atoms with Gasteiger partial charge in [-0.3, -0.25) is 4.79 Å². The molecule has 0 aliphatic rings. The van der Waals surface area contributed by atoms with Crippen molar-refractivity contribution in [3.05, 3.63) is 117 Å². The highest BCUT2D eigenvalue weighted by Crippen LogP contribution is 2.38. The Kier molecular flexibility index (Phi) is 8.56. The summed E-state index contributed by atoms with van der Waals surface area (Å²) in [6, 6.07) is 20.9. The number of aromatic nitrogens is 1. The van der Waals surface area contributed by atoms with E-state index in [1.54, 1.807) is 61.7 Å². The number of carbonyl (C=O) groups is 2. The van der Waals surface area contributed by atoms with Crippen LogP contribution in [0.5, 0.6) is 11.5 Å². The summed E-state index contributed by atoms with van der Waals surface area (Å²) < 4.78 is 50.7. The third kappa shape index (κ3) is 6.58. The van der Waals surface area contributed by atoms with Crippen LogP contribution in [-0.2, 0) is 6.18 Å². The van der Waals surface area contributed by atoms with E-state index in [4.69, 9.17) is 21.1 Å². The van der Waals surface area contributed by atoms with Crippen molar-refractivity contribution in [1.29, 1.82) is 0 Å². The molecule has 1 heterocycles. The largest absolute Gasteiger partial charge is 0.497 e. The van der Waals surface area contributed by atoms with E-state index < -0.39 is 23.6 Å². The maximum atomic E-state index is 13.4. The second-order valence-corrected chi connectivity index (χ2v) is 10.4. The van der Waals surface area contributed by atoms with Gasteiger partial charge in [0.2, 0.25) is 0 Å². The molecule has 0 radical (unpaired) electrons. The number of ether oxygens (including phenoxy) is 2. The molecule has 0 aliphatic carbocycles. The molecule has 43 heavy (non-hydrogen) atoms. The van der Waals surface area contributed by atoms with Gasteiger partial charge in [-0.2, -0.15) is 18.3 Å². The van der Waals surface area contributed by atoms with Crippen molar-refractivity contribution in [2.45, 2.75) is 6.18 Å². The number of carbonyl (C=O) groups excluding carboxylic acids is 2. The maximum absolute atomic E-state index is 13.4. The van der Waals surface area contributed by atoms with Crippen LogP contribution in [-0.4, -0.2) is 30.2 Å². The molecular weight excluding hydrogens is 651 g/mol. The number of hydrogen-bond acceptors (Lipinski definition) is 5. The number of hydrogen-bond donors (Lipinski definition) is 2. The Morgan fingerprint density at radius 3 is 2.53 bits per heavy atom. The number of nitrogens with zero attached hydrogens (tertiary/aromatic N) is 1. The molecule has 7 nitrogen and oxygen atoms in total. The topological polar surface area (TPSA) is 92.8 Å². The lowest BCUT2D eigenvalue weighted by molar-refractivity contribution is -0.137. The number of aromatic amines is 1. The molecule has 0 atom stereocenters. The van der Waals surface area contributed by atoms with Crippen LogP contribution < -0.4 is 14.9 Å². The van der Waals surface area contributed by atoms with Gasteiger partial charge < -0.3 is 14.5 Å². The van der Waals surface area contributed by atoms with Crippen LogP contribution in [0.2, 0.25) is 5.02 Å². The fraction of sp³-hybridized carbons (Fsp3) is 0.0645. The zero-order valence-electron chi connectivity index (χ0n) is 22.1. The molecular formula is C31H20BrClF3N3O4. The summed E-state index contributed by atoms with van der Waals surface area (Å²) in [7, 11) is 1.54. The third-order valence-corrected chi connectivity index (χ3v) is 7.17. The standard InChI is InChI=1S/C31H20BrClF3N3O4/c1-42-21-10-11-25-23(15-21)27(22-7-2-3-8-24(22)33)28(38-25)29(40)39-37-16-18-14-20(32)9-12-26(18)43-30(41)17-5-4-6-19(13-17)31(34,35)36/h2-16,38H,1H3,(H,39,40). The van der Waals surface area contributed by atoms with Gasteiger partial charge in [0.15, 0.2) is 0 Å². The summed E-state index contributed by atoms with van der Waals surface area (Å²) >= 11 is 9.82. The lowest BCUT2D eigenvalue weighted by Crippen LogP contribution is -2.19. The highest BCUT2D eigenvalue weighted by atomic mass is 79.9. The van der Waals surface area contributed by atoms with E-state index in [9.17, 15) is 22.8 Å². The van der Waals surface area contributed by atoms with E-state index in [0.29, 0.717) is 43.3 Å². The van der Waals surface area contributed by atoms with E-state index in [1.165, 1.54) is 18.3 Å². The van der Waals surface area contributed by atoms with Crippen molar-refractivity contribution in [3.63, 3.8) is 0 Å². The summed E-state index contributed by atoms with van der Waals surface area (Å²) in [5, 5.41) is 5.19. The third-order valence-electron chi connectivity index (χ3n) is 6.35. The van der Waals surface area contributed by atoms with Gasteiger partial charge in [0, 0.05) is 37.1 Å². The summed E-state index contributed by atoms with van der Waals surface area (Å²) in [6.45, 7) is 0. The molecule has 0 saturated heterocycles. The summed E-state index contributed by atoms with van der Waals surface area (Å²) in [4.78, 5) is 29.2. The van der Waals surface area contributed by atoms with Gasteiger partial charge in [0.1, 0.15) is 17.2 Å². The Morgan fingerprint density at radius 2 is 1.79 bits per heavy atom. The van der Waals surface area contributed by atoms with Gasteiger partial charge in [-0.15, -0.1) is 0 Å². The Hall–Kier alpha value is -4.61. The van der Waals surface area contributed by atoms with E-state index in [2.05, 4.69) is 31.4 Å². The van der Waals surface area contributed by atoms with Crippen LogP contribution in [0.25, 0.3) is 22.0 Å². The number of esters is 1. The number of amides is 1. The average molecular weight is 671 g/mol. The van der Waals surface area contributed by atoms with Gasteiger partial charge in [0.05, 0.1) is 24.5 Å². The number of fused-ring (bicyclic) bond motifs is 1. The molecule has 1 amide bonds. The summed E-state index contributed by atoms with van der Waals surface area (Å²) in [5.41, 5.74) is 3.50. The SMILES string of the molecule is COc1ccc2[nH]c(C(=O)NN=Cc3cc(Br)ccc3OC(=O)c3cccc(C(F)(F)F)c3)c(-c3ccccc3Cl)c2c1. The first kappa shape index (κ1) is 29.9. The van der Waals surface area contributed by atoms with Crippen LogP contribution in [0.3, 0.4) is 0 Å². The Bertz CT molecular complexity index is 1890. The predicted octanol–water partition coefficient (Wildman–Crippen LogP) is 8.26. The lowest BCUT2D eigenvalue weighted by Gasteiger charge is -2.10. The van der Waals surface area contributed by atoms with Gasteiger partial charge >= 0.3 is 12.1 Å². The molecule has 0 saturated carbocycles. The van der Waals surface area contributed by atoms with Crippen molar-refractivity contribution >= 4 is 56.5 Å². The molecule has 5 rings (SSSR count). The molecule has 0 unspecified atom stereocenters. The van der Waals surface area contributed by atoms with Crippen molar-refractivity contribution < 1.29 is 32.2 Å². The Labute approximate surface area is 256 Å². The first-order chi connectivity index (χ1) is 20.5. The van der Waals surface area contributed by atoms with E-state index in [0.717, 1.165) is 12.1 Å². The molecule has 0 aliphatic heterocycles. The first-order valence-corrected chi connectivity index (χ1v) is 13.7. The molecule has 4 aromatic carbocycles. The van der Waals surface area contributed by atoms with E-state index in [1.807, 2.05) is 0 Å². The summed E-state index contributed by atoms with van der Waals surface area (Å²) in [6.07, 6.45) is -3.37. The minimum Gasteiger partial charge on any atom is -0.497 e. The molecule has 1 aromatic heterocycles. The fourth-order valence-electron chi connectivity index (χ4n) is 4.32.